The van der Waals surface area contributed by atoms with Gasteiger partial charge < -0.3 is 4.90 Å². The zero-order valence-electron chi connectivity index (χ0n) is 16.1. The molecule has 0 saturated carbocycles. The van der Waals surface area contributed by atoms with E-state index in [4.69, 9.17) is 0 Å². The second kappa shape index (κ2) is 7.53. The number of hydrogen-bond donors (Lipinski definition) is 0. The van der Waals surface area contributed by atoms with E-state index in [1.54, 1.807) is 10.4 Å². The third-order valence-corrected chi connectivity index (χ3v) is 8.20. The standard InChI is InChI=1S/C20H29N3O3S/c1-16(20(24)22-9-2-3-10-22)21-11-13-23(14-12-21)27(25,26)19-8-7-17-5-4-6-18(17)15-19/h7-8,15-16H,2-6,9-14H2,1H3/t16-/m0/s1. The lowest BCUT2D eigenvalue weighted by Gasteiger charge is -2.37. The number of benzene rings is 1. The van der Waals surface area contributed by atoms with Gasteiger partial charge in [-0.3, -0.25) is 9.69 Å². The van der Waals surface area contributed by atoms with Crippen LogP contribution in [0.2, 0.25) is 0 Å². The summed E-state index contributed by atoms with van der Waals surface area (Å²) < 4.78 is 27.7. The van der Waals surface area contributed by atoms with Crippen molar-refractivity contribution in [1.29, 1.82) is 0 Å². The molecule has 2 heterocycles. The highest BCUT2D eigenvalue weighted by Crippen LogP contribution is 2.27. The number of likely N-dealkylation sites (tertiary alicyclic amines) is 1. The lowest BCUT2D eigenvalue weighted by atomic mass is 10.1. The summed E-state index contributed by atoms with van der Waals surface area (Å²) in [6.45, 7) is 5.75. The van der Waals surface area contributed by atoms with Crippen LogP contribution in [0.15, 0.2) is 23.1 Å². The van der Waals surface area contributed by atoms with Gasteiger partial charge in [-0.15, -0.1) is 0 Å². The number of rotatable bonds is 4. The van der Waals surface area contributed by atoms with Gasteiger partial charge in [0, 0.05) is 39.3 Å². The van der Waals surface area contributed by atoms with Crippen LogP contribution in [-0.2, 0) is 27.7 Å². The molecule has 3 aliphatic rings. The van der Waals surface area contributed by atoms with Crippen molar-refractivity contribution in [2.75, 3.05) is 39.3 Å². The van der Waals surface area contributed by atoms with Crippen molar-refractivity contribution in [2.24, 2.45) is 0 Å². The van der Waals surface area contributed by atoms with Crippen LogP contribution < -0.4 is 0 Å². The Labute approximate surface area is 162 Å². The van der Waals surface area contributed by atoms with E-state index in [1.807, 2.05) is 24.0 Å². The van der Waals surface area contributed by atoms with E-state index >= 15 is 0 Å². The van der Waals surface area contributed by atoms with Crippen molar-refractivity contribution in [3.8, 4) is 0 Å². The Bertz CT molecular complexity index is 810. The number of fused-ring (bicyclic) bond motifs is 1. The first-order valence-corrected chi connectivity index (χ1v) is 11.6. The number of amides is 1. The molecule has 2 aliphatic heterocycles. The van der Waals surface area contributed by atoms with Gasteiger partial charge in [0.25, 0.3) is 0 Å². The molecule has 1 aromatic carbocycles. The smallest absolute Gasteiger partial charge is 0.243 e. The van der Waals surface area contributed by atoms with Crippen LogP contribution in [0, 0.1) is 0 Å². The first-order valence-electron chi connectivity index (χ1n) is 10.1. The van der Waals surface area contributed by atoms with Crippen LogP contribution in [-0.4, -0.2) is 73.7 Å². The van der Waals surface area contributed by atoms with E-state index in [1.165, 1.54) is 11.1 Å². The Morgan fingerprint density at radius 2 is 1.59 bits per heavy atom. The van der Waals surface area contributed by atoms with Crippen LogP contribution in [0.1, 0.15) is 37.3 Å². The Morgan fingerprint density at radius 1 is 0.926 bits per heavy atom. The highest BCUT2D eigenvalue weighted by Gasteiger charge is 2.34. The van der Waals surface area contributed by atoms with Crippen molar-refractivity contribution in [1.82, 2.24) is 14.1 Å². The van der Waals surface area contributed by atoms with Crippen molar-refractivity contribution >= 4 is 15.9 Å². The van der Waals surface area contributed by atoms with E-state index in [2.05, 4.69) is 4.90 Å². The summed E-state index contributed by atoms with van der Waals surface area (Å²) >= 11 is 0. The average Bonchev–Trinajstić information content (AvgIpc) is 3.38. The second-order valence-electron chi connectivity index (χ2n) is 7.93. The molecule has 1 aromatic rings. The molecular weight excluding hydrogens is 362 g/mol. The van der Waals surface area contributed by atoms with Crippen LogP contribution in [0.25, 0.3) is 0 Å². The van der Waals surface area contributed by atoms with Gasteiger partial charge in [0.2, 0.25) is 15.9 Å². The summed E-state index contributed by atoms with van der Waals surface area (Å²) in [4.78, 5) is 17.1. The minimum Gasteiger partial charge on any atom is -0.341 e. The maximum atomic E-state index is 13.0. The molecule has 7 heteroatoms. The summed E-state index contributed by atoms with van der Waals surface area (Å²) in [7, 11) is -3.46. The third kappa shape index (κ3) is 3.65. The molecule has 0 unspecified atom stereocenters. The fourth-order valence-electron chi connectivity index (χ4n) is 4.55. The van der Waals surface area contributed by atoms with Gasteiger partial charge in [-0.2, -0.15) is 4.31 Å². The summed E-state index contributed by atoms with van der Waals surface area (Å²) in [5.41, 5.74) is 2.47. The molecule has 6 nitrogen and oxygen atoms in total. The van der Waals surface area contributed by atoms with Gasteiger partial charge in [-0.1, -0.05) is 6.07 Å². The zero-order chi connectivity index (χ0) is 19.0. The summed E-state index contributed by atoms with van der Waals surface area (Å²) in [6.07, 6.45) is 5.32. The van der Waals surface area contributed by atoms with Gasteiger partial charge >= 0.3 is 0 Å². The molecule has 0 bridgehead atoms. The molecule has 2 fully saturated rings. The van der Waals surface area contributed by atoms with Crippen molar-refractivity contribution < 1.29 is 13.2 Å². The quantitative estimate of drug-likeness (QED) is 0.780. The average molecular weight is 392 g/mol. The third-order valence-electron chi connectivity index (χ3n) is 6.30. The van der Waals surface area contributed by atoms with Crippen molar-refractivity contribution in [3.63, 3.8) is 0 Å². The lowest BCUT2D eigenvalue weighted by Crippen LogP contribution is -2.55. The molecular formula is C20H29N3O3S. The molecule has 2 saturated heterocycles. The number of nitrogens with zero attached hydrogens (tertiary/aromatic N) is 3. The van der Waals surface area contributed by atoms with E-state index in [0.29, 0.717) is 31.1 Å². The molecule has 0 radical (unpaired) electrons. The van der Waals surface area contributed by atoms with Gasteiger partial charge in [-0.25, -0.2) is 8.42 Å². The van der Waals surface area contributed by atoms with E-state index in [-0.39, 0.29) is 11.9 Å². The molecule has 0 aromatic heterocycles. The van der Waals surface area contributed by atoms with E-state index < -0.39 is 10.0 Å². The largest absolute Gasteiger partial charge is 0.341 e. The van der Waals surface area contributed by atoms with Gasteiger partial charge in [0.1, 0.15) is 0 Å². The van der Waals surface area contributed by atoms with E-state index in [9.17, 15) is 13.2 Å². The highest BCUT2D eigenvalue weighted by molar-refractivity contribution is 7.89. The number of aryl methyl sites for hydroxylation is 2. The summed E-state index contributed by atoms with van der Waals surface area (Å²) in [5.74, 6) is 0.183. The minimum atomic E-state index is -3.46. The maximum Gasteiger partial charge on any atom is 0.243 e. The lowest BCUT2D eigenvalue weighted by molar-refractivity contribution is -0.135. The first-order chi connectivity index (χ1) is 13.0. The Kier molecular flexibility index (Phi) is 5.27. The number of carbonyl (C=O) groups excluding carboxylic acids is 1. The van der Waals surface area contributed by atoms with Crippen LogP contribution in [0.5, 0.6) is 0 Å². The Balaban J connectivity index is 1.40. The Morgan fingerprint density at radius 3 is 2.30 bits per heavy atom. The van der Waals surface area contributed by atoms with Gasteiger partial charge in [0.05, 0.1) is 10.9 Å². The highest BCUT2D eigenvalue weighted by atomic mass is 32.2. The number of piperazine rings is 1. The SMILES string of the molecule is C[C@@H](C(=O)N1CCCC1)N1CCN(S(=O)(=O)c2ccc3c(c2)CCC3)CC1. The van der Waals surface area contributed by atoms with Crippen molar-refractivity contribution in [2.45, 2.75) is 50.0 Å². The predicted molar refractivity (Wildman–Crippen MR) is 104 cm³/mol. The molecule has 1 amide bonds. The maximum absolute atomic E-state index is 13.0. The van der Waals surface area contributed by atoms with Crippen LogP contribution in [0.4, 0.5) is 0 Å². The molecule has 0 N–H and O–H groups in total. The van der Waals surface area contributed by atoms with Gasteiger partial charge in [0.15, 0.2) is 0 Å². The fourth-order valence-corrected chi connectivity index (χ4v) is 6.02. The molecule has 27 heavy (non-hydrogen) atoms. The molecule has 0 spiro atoms. The normalized spacial score (nSPS) is 22.8. The second-order valence-corrected chi connectivity index (χ2v) is 9.87. The minimum absolute atomic E-state index is 0.173. The van der Waals surface area contributed by atoms with Gasteiger partial charge in [-0.05, 0) is 62.3 Å². The van der Waals surface area contributed by atoms with Crippen LogP contribution in [0.3, 0.4) is 0 Å². The summed E-state index contributed by atoms with van der Waals surface area (Å²) in [5, 5.41) is 0. The van der Waals surface area contributed by atoms with Crippen molar-refractivity contribution in [3.05, 3.63) is 29.3 Å². The topological polar surface area (TPSA) is 60.9 Å². The fraction of sp³-hybridized carbons (Fsp3) is 0.650. The molecule has 1 atom stereocenters. The first kappa shape index (κ1) is 18.9. The van der Waals surface area contributed by atoms with E-state index in [0.717, 1.165) is 45.2 Å². The zero-order valence-corrected chi connectivity index (χ0v) is 16.9. The predicted octanol–water partition coefficient (Wildman–Crippen LogP) is 1.49. The Hall–Kier alpha value is -1.44. The summed E-state index contributed by atoms with van der Waals surface area (Å²) in [6, 6.07) is 5.42. The molecule has 1 aliphatic carbocycles. The van der Waals surface area contributed by atoms with Crippen LogP contribution >= 0.6 is 0 Å². The number of carbonyl (C=O) groups is 1. The number of sulfonamides is 1. The molecule has 4 rings (SSSR count). The number of hydrogen-bond acceptors (Lipinski definition) is 4. The monoisotopic (exact) mass is 391 g/mol. The molecule has 148 valence electrons.